The predicted molar refractivity (Wildman–Crippen MR) is 89.6 cm³/mol. The summed E-state index contributed by atoms with van der Waals surface area (Å²) in [6.07, 6.45) is 1.56. The molecule has 0 aliphatic carbocycles. The lowest BCUT2D eigenvalue weighted by atomic mass is 10.2. The first-order valence-electron chi connectivity index (χ1n) is 6.83. The van der Waals surface area contributed by atoms with E-state index in [9.17, 15) is 5.11 Å². The first-order chi connectivity index (χ1) is 10.8. The van der Waals surface area contributed by atoms with Crippen molar-refractivity contribution in [1.82, 2.24) is 4.57 Å². The second-order valence-corrected chi connectivity index (χ2v) is 5.57. The molecule has 1 N–H and O–H groups in total. The molecule has 0 amide bonds. The van der Waals surface area contributed by atoms with E-state index in [1.165, 1.54) is 11.3 Å². The van der Waals surface area contributed by atoms with E-state index in [1.807, 2.05) is 53.3 Å². The lowest BCUT2D eigenvalue weighted by Gasteiger charge is -2.04. The number of rotatable bonds is 3. The van der Waals surface area contributed by atoms with Gasteiger partial charge < -0.3 is 5.11 Å². The third-order valence-electron chi connectivity index (χ3n) is 3.17. The summed E-state index contributed by atoms with van der Waals surface area (Å²) in [5, 5.41) is 20.1. The highest BCUT2D eigenvalue weighted by atomic mass is 32.1. The van der Waals surface area contributed by atoms with Crippen molar-refractivity contribution in [3.05, 3.63) is 76.0 Å². The summed E-state index contributed by atoms with van der Waals surface area (Å²) in [5.41, 5.74) is 2.80. The zero-order valence-corrected chi connectivity index (χ0v) is 12.9. The molecule has 5 heteroatoms. The van der Waals surface area contributed by atoms with E-state index >= 15 is 0 Å². The van der Waals surface area contributed by atoms with Crippen molar-refractivity contribution < 1.29 is 5.11 Å². The highest BCUT2D eigenvalue weighted by Gasteiger charge is 2.03. The van der Waals surface area contributed by atoms with Crippen LogP contribution in [0, 0.1) is 6.92 Å². The van der Waals surface area contributed by atoms with Crippen LogP contribution < -0.4 is 4.80 Å². The molecule has 0 saturated heterocycles. The van der Waals surface area contributed by atoms with Gasteiger partial charge >= 0.3 is 0 Å². The smallest absolute Gasteiger partial charge is 0.215 e. The molecule has 0 bridgehead atoms. The number of aromatic nitrogens is 1. The molecule has 2 aromatic carbocycles. The number of phenols is 1. The molecule has 0 radical (unpaired) electrons. The number of phenolic OH excluding ortho intramolecular Hbond substituents is 1. The number of aromatic hydroxyl groups is 1. The van der Waals surface area contributed by atoms with Crippen molar-refractivity contribution in [1.29, 1.82) is 0 Å². The highest BCUT2D eigenvalue weighted by Crippen LogP contribution is 2.13. The lowest BCUT2D eigenvalue weighted by Crippen LogP contribution is -2.13. The topological polar surface area (TPSA) is 49.9 Å². The number of para-hydroxylation sites is 2. The van der Waals surface area contributed by atoms with Crippen LogP contribution in [0.25, 0.3) is 5.69 Å². The molecular formula is C17H15N3OS. The number of aryl methyl sites for hydroxylation is 1. The second-order valence-electron chi connectivity index (χ2n) is 4.73. The van der Waals surface area contributed by atoms with Crippen molar-refractivity contribution in [3.63, 3.8) is 0 Å². The Bertz CT molecular complexity index is 863. The quantitative estimate of drug-likeness (QED) is 0.584. The molecule has 3 aromatic rings. The Morgan fingerprint density at radius 2 is 1.77 bits per heavy atom. The van der Waals surface area contributed by atoms with Gasteiger partial charge in [-0.2, -0.15) is 5.10 Å². The molecule has 0 saturated carbocycles. The maximum absolute atomic E-state index is 9.71. The van der Waals surface area contributed by atoms with Crippen LogP contribution >= 0.6 is 11.3 Å². The zero-order chi connectivity index (χ0) is 15.4. The molecular weight excluding hydrogens is 294 g/mol. The number of hydrogen-bond donors (Lipinski definition) is 1. The molecule has 0 aliphatic heterocycles. The van der Waals surface area contributed by atoms with Crippen molar-refractivity contribution in [2.75, 3.05) is 0 Å². The molecule has 4 nitrogen and oxygen atoms in total. The molecule has 0 fully saturated rings. The normalized spacial score (nSPS) is 12.1. The van der Waals surface area contributed by atoms with E-state index in [2.05, 4.69) is 10.2 Å². The second kappa shape index (κ2) is 6.41. The fourth-order valence-corrected chi connectivity index (χ4v) is 2.92. The van der Waals surface area contributed by atoms with E-state index in [0.717, 1.165) is 16.2 Å². The van der Waals surface area contributed by atoms with E-state index in [1.54, 1.807) is 24.4 Å². The molecule has 1 aromatic heterocycles. The van der Waals surface area contributed by atoms with Gasteiger partial charge in [0.1, 0.15) is 5.75 Å². The minimum atomic E-state index is 0.194. The van der Waals surface area contributed by atoms with Crippen LogP contribution in [0.5, 0.6) is 5.75 Å². The molecule has 0 atom stereocenters. The third kappa shape index (κ3) is 2.99. The van der Waals surface area contributed by atoms with Crippen LogP contribution in [0.15, 0.2) is 70.2 Å². The molecule has 0 unspecified atom stereocenters. The van der Waals surface area contributed by atoms with Crippen molar-refractivity contribution in [2.45, 2.75) is 6.92 Å². The van der Waals surface area contributed by atoms with Gasteiger partial charge in [-0.25, -0.2) is 0 Å². The molecule has 0 spiro atoms. The molecule has 3 rings (SSSR count). The van der Waals surface area contributed by atoms with Crippen molar-refractivity contribution >= 4 is 17.6 Å². The van der Waals surface area contributed by atoms with Crippen LogP contribution in [0.1, 0.15) is 11.3 Å². The van der Waals surface area contributed by atoms with Crippen LogP contribution in [-0.2, 0) is 0 Å². The first kappa shape index (κ1) is 14.3. The molecule has 110 valence electrons. The van der Waals surface area contributed by atoms with E-state index < -0.39 is 0 Å². The number of thiazole rings is 1. The Kier molecular flexibility index (Phi) is 4.16. The van der Waals surface area contributed by atoms with Gasteiger partial charge in [0.25, 0.3) is 0 Å². The Hall–Kier alpha value is -2.66. The Morgan fingerprint density at radius 1 is 1.05 bits per heavy atom. The van der Waals surface area contributed by atoms with Crippen LogP contribution in [0.3, 0.4) is 0 Å². The molecule has 22 heavy (non-hydrogen) atoms. The van der Waals surface area contributed by atoms with Crippen LogP contribution in [0.2, 0.25) is 0 Å². The predicted octanol–water partition coefficient (Wildman–Crippen LogP) is 3.49. The summed E-state index contributed by atoms with van der Waals surface area (Å²) in [4.78, 5) is 0.787. The maximum Gasteiger partial charge on any atom is 0.215 e. The van der Waals surface area contributed by atoms with Gasteiger partial charge in [0.2, 0.25) is 4.80 Å². The largest absolute Gasteiger partial charge is 0.507 e. The zero-order valence-electron chi connectivity index (χ0n) is 12.0. The minimum Gasteiger partial charge on any atom is -0.507 e. The fourth-order valence-electron chi connectivity index (χ4n) is 2.09. The van der Waals surface area contributed by atoms with Gasteiger partial charge in [-0.1, -0.05) is 30.3 Å². The average Bonchev–Trinajstić information content (AvgIpc) is 2.91. The van der Waals surface area contributed by atoms with Crippen LogP contribution in [-0.4, -0.2) is 15.9 Å². The number of benzene rings is 2. The Balaban J connectivity index is 1.98. The van der Waals surface area contributed by atoms with Gasteiger partial charge in [-0.05, 0) is 31.2 Å². The fraction of sp³-hybridized carbons (Fsp3) is 0.0588. The standard InChI is InChI=1S/C17H15N3OS/c1-13-12-22-17(20(13)15-8-3-2-4-9-15)19-18-11-14-7-5-6-10-16(14)21/h2-12,21H,1H3. The van der Waals surface area contributed by atoms with Gasteiger partial charge in [-0.15, -0.1) is 16.4 Å². The summed E-state index contributed by atoms with van der Waals surface area (Å²) in [6.45, 7) is 2.04. The summed E-state index contributed by atoms with van der Waals surface area (Å²) in [7, 11) is 0. The third-order valence-corrected chi connectivity index (χ3v) is 4.10. The lowest BCUT2D eigenvalue weighted by molar-refractivity contribution is 0.474. The summed E-state index contributed by atoms with van der Waals surface area (Å²) in [5.74, 6) is 0.194. The van der Waals surface area contributed by atoms with E-state index in [0.29, 0.717) is 5.56 Å². The first-order valence-corrected chi connectivity index (χ1v) is 7.71. The minimum absolute atomic E-state index is 0.194. The van der Waals surface area contributed by atoms with Gasteiger partial charge in [-0.3, -0.25) is 4.57 Å². The summed E-state index contributed by atoms with van der Waals surface area (Å²) >= 11 is 1.53. The summed E-state index contributed by atoms with van der Waals surface area (Å²) in [6, 6.07) is 17.1. The Labute approximate surface area is 132 Å². The van der Waals surface area contributed by atoms with Crippen molar-refractivity contribution in [2.24, 2.45) is 10.2 Å². The van der Waals surface area contributed by atoms with E-state index in [4.69, 9.17) is 0 Å². The van der Waals surface area contributed by atoms with Gasteiger partial charge in [0.15, 0.2) is 0 Å². The maximum atomic E-state index is 9.71. The van der Waals surface area contributed by atoms with Crippen molar-refractivity contribution in [3.8, 4) is 11.4 Å². The highest BCUT2D eigenvalue weighted by molar-refractivity contribution is 7.07. The Morgan fingerprint density at radius 3 is 2.55 bits per heavy atom. The molecule has 0 aliphatic rings. The molecule has 1 heterocycles. The van der Waals surface area contributed by atoms with Gasteiger partial charge in [0, 0.05) is 22.3 Å². The average molecular weight is 309 g/mol. The SMILES string of the molecule is Cc1csc(=NN=Cc2ccccc2O)n1-c1ccccc1. The number of hydrogen-bond acceptors (Lipinski definition) is 4. The van der Waals surface area contributed by atoms with E-state index in [-0.39, 0.29) is 5.75 Å². The monoisotopic (exact) mass is 309 g/mol. The van der Waals surface area contributed by atoms with Gasteiger partial charge in [0.05, 0.1) is 6.21 Å². The summed E-state index contributed by atoms with van der Waals surface area (Å²) < 4.78 is 2.05. The number of nitrogens with zero attached hydrogens (tertiary/aromatic N) is 3. The van der Waals surface area contributed by atoms with Crippen LogP contribution in [0.4, 0.5) is 0 Å².